The second kappa shape index (κ2) is 6.03. The first-order valence-electron chi connectivity index (χ1n) is 4.24. The van der Waals surface area contributed by atoms with E-state index in [1.54, 1.807) is 6.20 Å². The van der Waals surface area contributed by atoms with Crippen LogP contribution in [0.3, 0.4) is 0 Å². The molecule has 1 aromatic heterocycles. The van der Waals surface area contributed by atoms with Crippen LogP contribution in [0.15, 0.2) is 27.8 Å². The molecule has 1 amide bonds. The lowest BCUT2D eigenvalue weighted by atomic mass is 10.5. The molecule has 0 aliphatic heterocycles. The van der Waals surface area contributed by atoms with Crippen LogP contribution >= 0.6 is 27.7 Å². The minimum Gasteiger partial charge on any atom is -0.356 e. The summed E-state index contributed by atoms with van der Waals surface area (Å²) in [5, 5.41) is 3.58. The smallest absolute Gasteiger partial charge is 0.230 e. The quantitative estimate of drug-likeness (QED) is 0.855. The molecule has 1 heterocycles. The summed E-state index contributed by atoms with van der Waals surface area (Å²) >= 11 is 4.80. The van der Waals surface area contributed by atoms with Crippen molar-refractivity contribution in [2.45, 2.75) is 11.9 Å². The highest BCUT2D eigenvalue weighted by molar-refractivity contribution is 9.10. The first-order chi connectivity index (χ1) is 6.74. The summed E-state index contributed by atoms with van der Waals surface area (Å²) in [6.45, 7) is 2.57. The van der Waals surface area contributed by atoms with Crippen LogP contribution in [0.25, 0.3) is 0 Å². The molecular weight excluding hydrogens is 264 g/mol. The fourth-order valence-corrected chi connectivity index (χ4v) is 2.17. The van der Waals surface area contributed by atoms with Crippen LogP contribution in [-0.4, -0.2) is 23.2 Å². The van der Waals surface area contributed by atoms with Crippen molar-refractivity contribution >= 4 is 33.6 Å². The molecule has 0 aromatic carbocycles. The molecular formula is C9H11BrN2OS. The number of aromatic nitrogens is 1. The maximum absolute atomic E-state index is 11.2. The largest absolute Gasteiger partial charge is 0.356 e. The first kappa shape index (κ1) is 11.5. The molecule has 5 heteroatoms. The Bertz CT molecular complexity index is 319. The van der Waals surface area contributed by atoms with Gasteiger partial charge in [-0.3, -0.25) is 4.79 Å². The molecule has 0 unspecified atom stereocenters. The lowest BCUT2D eigenvalue weighted by Gasteiger charge is -2.02. The SMILES string of the molecule is CCNC(=O)CSc1ncccc1Br. The average molecular weight is 275 g/mol. The summed E-state index contributed by atoms with van der Waals surface area (Å²) in [4.78, 5) is 15.3. The van der Waals surface area contributed by atoms with Crippen molar-refractivity contribution in [2.75, 3.05) is 12.3 Å². The first-order valence-corrected chi connectivity index (χ1v) is 6.02. The number of nitrogens with zero attached hydrogens (tertiary/aromatic N) is 1. The van der Waals surface area contributed by atoms with Gasteiger partial charge in [-0.05, 0) is 35.0 Å². The van der Waals surface area contributed by atoms with Gasteiger partial charge in [-0.2, -0.15) is 0 Å². The predicted octanol–water partition coefficient (Wildman–Crippen LogP) is 2.07. The second-order valence-corrected chi connectivity index (χ2v) is 4.35. The van der Waals surface area contributed by atoms with Crippen LogP contribution in [0, 0.1) is 0 Å². The maximum atomic E-state index is 11.2. The minimum absolute atomic E-state index is 0.0371. The van der Waals surface area contributed by atoms with Crippen LogP contribution < -0.4 is 5.32 Å². The molecule has 0 spiro atoms. The van der Waals surface area contributed by atoms with Crippen molar-refractivity contribution in [3.63, 3.8) is 0 Å². The van der Waals surface area contributed by atoms with Gasteiger partial charge in [-0.1, -0.05) is 11.8 Å². The average Bonchev–Trinajstić information content (AvgIpc) is 2.17. The third kappa shape index (κ3) is 3.67. The van der Waals surface area contributed by atoms with E-state index >= 15 is 0 Å². The number of thioether (sulfide) groups is 1. The van der Waals surface area contributed by atoms with Crippen LogP contribution in [0.4, 0.5) is 0 Å². The summed E-state index contributed by atoms with van der Waals surface area (Å²) in [5.41, 5.74) is 0. The summed E-state index contributed by atoms with van der Waals surface area (Å²) in [7, 11) is 0. The van der Waals surface area contributed by atoms with Crippen LogP contribution in [0.5, 0.6) is 0 Å². The summed E-state index contributed by atoms with van der Waals surface area (Å²) in [5.74, 6) is 0.443. The molecule has 0 aliphatic rings. The van der Waals surface area contributed by atoms with Crippen LogP contribution in [0.2, 0.25) is 0 Å². The maximum Gasteiger partial charge on any atom is 0.230 e. The van der Waals surface area contributed by atoms with E-state index in [1.165, 1.54) is 11.8 Å². The lowest BCUT2D eigenvalue weighted by molar-refractivity contribution is -0.118. The third-order valence-electron chi connectivity index (χ3n) is 1.44. The Balaban J connectivity index is 2.46. The molecule has 1 aromatic rings. The molecule has 3 nitrogen and oxygen atoms in total. The fourth-order valence-electron chi connectivity index (χ4n) is 0.860. The molecule has 1 rings (SSSR count). The molecule has 0 fully saturated rings. The summed E-state index contributed by atoms with van der Waals surface area (Å²) in [6.07, 6.45) is 1.71. The molecule has 14 heavy (non-hydrogen) atoms. The molecule has 0 bridgehead atoms. The third-order valence-corrected chi connectivity index (χ3v) is 3.35. The van der Waals surface area contributed by atoms with E-state index in [1.807, 2.05) is 19.1 Å². The highest BCUT2D eigenvalue weighted by Crippen LogP contribution is 2.23. The second-order valence-electron chi connectivity index (χ2n) is 2.53. The fraction of sp³-hybridized carbons (Fsp3) is 0.333. The van der Waals surface area contributed by atoms with Gasteiger partial charge in [0.05, 0.1) is 5.75 Å². The number of hydrogen-bond acceptors (Lipinski definition) is 3. The molecule has 1 N–H and O–H groups in total. The Morgan fingerprint density at radius 2 is 2.50 bits per heavy atom. The number of halogens is 1. The van der Waals surface area contributed by atoms with Crippen molar-refractivity contribution < 1.29 is 4.79 Å². The van der Waals surface area contributed by atoms with Crippen molar-refractivity contribution in [3.05, 3.63) is 22.8 Å². The zero-order valence-electron chi connectivity index (χ0n) is 7.79. The molecule has 76 valence electrons. The normalized spacial score (nSPS) is 9.86. The van der Waals surface area contributed by atoms with Gasteiger partial charge >= 0.3 is 0 Å². The van der Waals surface area contributed by atoms with E-state index in [2.05, 4.69) is 26.2 Å². The van der Waals surface area contributed by atoms with Gasteiger partial charge in [0.2, 0.25) is 5.91 Å². The van der Waals surface area contributed by atoms with Gasteiger partial charge in [0.1, 0.15) is 5.03 Å². The number of rotatable bonds is 4. The van der Waals surface area contributed by atoms with E-state index in [0.29, 0.717) is 12.3 Å². The van der Waals surface area contributed by atoms with Gasteiger partial charge < -0.3 is 5.32 Å². The standard InChI is InChI=1S/C9H11BrN2OS/c1-2-11-8(13)6-14-9-7(10)4-3-5-12-9/h3-5H,2,6H2,1H3,(H,11,13). The molecule has 0 saturated heterocycles. The number of pyridine rings is 1. The van der Waals surface area contributed by atoms with Crippen LogP contribution in [-0.2, 0) is 4.79 Å². The van der Waals surface area contributed by atoms with E-state index in [-0.39, 0.29) is 5.91 Å². The van der Waals surface area contributed by atoms with Gasteiger partial charge in [-0.15, -0.1) is 0 Å². The molecule has 0 saturated carbocycles. The number of hydrogen-bond donors (Lipinski definition) is 1. The molecule has 0 atom stereocenters. The van der Waals surface area contributed by atoms with E-state index < -0.39 is 0 Å². The predicted molar refractivity (Wildman–Crippen MR) is 61.3 cm³/mol. The van der Waals surface area contributed by atoms with Gasteiger partial charge in [0.15, 0.2) is 0 Å². The van der Waals surface area contributed by atoms with Crippen molar-refractivity contribution in [2.24, 2.45) is 0 Å². The Kier molecular flexibility index (Phi) is 4.97. The lowest BCUT2D eigenvalue weighted by Crippen LogP contribution is -2.24. The Morgan fingerprint density at radius 3 is 3.14 bits per heavy atom. The molecule has 0 radical (unpaired) electrons. The summed E-state index contributed by atoms with van der Waals surface area (Å²) in [6, 6.07) is 3.76. The Hall–Kier alpha value is -0.550. The molecule has 0 aliphatic carbocycles. The van der Waals surface area contributed by atoms with Gasteiger partial charge in [0, 0.05) is 17.2 Å². The van der Waals surface area contributed by atoms with E-state index in [0.717, 1.165) is 9.50 Å². The summed E-state index contributed by atoms with van der Waals surface area (Å²) < 4.78 is 0.925. The number of carbonyl (C=O) groups is 1. The van der Waals surface area contributed by atoms with Crippen molar-refractivity contribution in [3.8, 4) is 0 Å². The Morgan fingerprint density at radius 1 is 1.71 bits per heavy atom. The number of carbonyl (C=O) groups excluding carboxylic acids is 1. The van der Waals surface area contributed by atoms with Gasteiger partial charge in [-0.25, -0.2) is 4.98 Å². The highest BCUT2D eigenvalue weighted by atomic mass is 79.9. The van der Waals surface area contributed by atoms with E-state index in [4.69, 9.17) is 0 Å². The van der Waals surface area contributed by atoms with Gasteiger partial charge in [0.25, 0.3) is 0 Å². The Labute approximate surface area is 95.8 Å². The highest BCUT2D eigenvalue weighted by Gasteiger charge is 2.04. The van der Waals surface area contributed by atoms with Crippen LogP contribution in [0.1, 0.15) is 6.92 Å². The number of nitrogens with one attached hydrogen (secondary N) is 1. The minimum atomic E-state index is 0.0371. The zero-order valence-corrected chi connectivity index (χ0v) is 10.2. The number of amides is 1. The topological polar surface area (TPSA) is 42.0 Å². The zero-order chi connectivity index (χ0) is 10.4. The van der Waals surface area contributed by atoms with Crippen molar-refractivity contribution in [1.29, 1.82) is 0 Å². The monoisotopic (exact) mass is 274 g/mol. The van der Waals surface area contributed by atoms with Crippen molar-refractivity contribution in [1.82, 2.24) is 10.3 Å². The van der Waals surface area contributed by atoms with E-state index in [9.17, 15) is 4.79 Å².